The Bertz CT molecular complexity index is 1110. The van der Waals surface area contributed by atoms with Gasteiger partial charge in [-0.3, -0.25) is 0 Å². The Morgan fingerprint density at radius 3 is 2.70 bits per heavy atom. The zero-order valence-corrected chi connectivity index (χ0v) is 15.8. The van der Waals surface area contributed by atoms with Crippen molar-refractivity contribution in [3.8, 4) is 22.0 Å². The normalized spacial score (nSPS) is 11.0. The van der Waals surface area contributed by atoms with Crippen LogP contribution in [0.25, 0.3) is 22.0 Å². The summed E-state index contributed by atoms with van der Waals surface area (Å²) < 4.78 is 7.93. The minimum Gasteiger partial charge on any atom is -0.476 e. The standard InChI is InChI=1S/C19H14ClN3O3S/c1-11-17(19(24)25)21-18(12-5-3-2-4-6-12)23(11)10-13-9-14(26-22-13)15-7-8-16(20)27-15/h2-9H,10H2,1H3,(H,24,25). The summed E-state index contributed by atoms with van der Waals surface area (Å²) in [6.45, 7) is 2.09. The fourth-order valence-corrected chi connectivity index (χ4v) is 3.84. The molecule has 0 aliphatic rings. The quantitative estimate of drug-likeness (QED) is 0.512. The highest BCUT2D eigenvalue weighted by atomic mass is 35.5. The summed E-state index contributed by atoms with van der Waals surface area (Å²) in [5.74, 6) is 0.145. The summed E-state index contributed by atoms with van der Waals surface area (Å²) in [6, 6.07) is 15.0. The van der Waals surface area contributed by atoms with Gasteiger partial charge in [0.15, 0.2) is 11.5 Å². The van der Waals surface area contributed by atoms with Crippen LogP contribution in [0.1, 0.15) is 21.9 Å². The summed E-state index contributed by atoms with van der Waals surface area (Å²) in [5.41, 5.74) is 2.10. The lowest BCUT2D eigenvalue weighted by atomic mass is 10.2. The van der Waals surface area contributed by atoms with Crippen molar-refractivity contribution in [2.75, 3.05) is 0 Å². The zero-order valence-electron chi connectivity index (χ0n) is 14.2. The number of halogens is 1. The molecular formula is C19H14ClN3O3S. The van der Waals surface area contributed by atoms with E-state index in [4.69, 9.17) is 16.1 Å². The molecule has 27 heavy (non-hydrogen) atoms. The van der Waals surface area contributed by atoms with Crippen molar-refractivity contribution in [1.82, 2.24) is 14.7 Å². The Balaban J connectivity index is 1.73. The highest BCUT2D eigenvalue weighted by Gasteiger charge is 2.21. The van der Waals surface area contributed by atoms with E-state index in [0.717, 1.165) is 10.4 Å². The number of aromatic nitrogens is 3. The fourth-order valence-electron chi connectivity index (χ4n) is 2.85. The van der Waals surface area contributed by atoms with Crippen LogP contribution in [0, 0.1) is 6.92 Å². The molecule has 0 unspecified atom stereocenters. The molecule has 6 nitrogen and oxygen atoms in total. The first-order valence-electron chi connectivity index (χ1n) is 8.10. The third kappa shape index (κ3) is 3.39. The van der Waals surface area contributed by atoms with Gasteiger partial charge in [0.1, 0.15) is 11.5 Å². The van der Waals surface area contributed by atoms with E-state index < -0.39 is 5.97 Å². The van der Waals surface area contributed by atoms with Crippen molar-refractivity contribution in [3.05, 3.63) is 69.9 Å². The van der Waals surface area contributed by atoms with Crippen molar-refractivity contribution in [3.63, 3.8) is 0 Å². The van der Waals surface area contributed by atoms with Gasteiger partial charge in [-0.15, -0.1) is 11.3 Å². The highest BCUT2D eigenvalue weighted by molar-refractivity contribution is 7.19. The molecule has 136 valence electrons. The van der Waals surface area contributed by atoms with E-state index in [-0.39, 0.29) is 5.69 Å². The molecule has 3 aromatic heterocycles. The number of rotatable bonds is 5. The molecule has 4 aromatic rings. The molecule has 1 N–H and O–H groups in total. The van der Waals surface area contributed by atoms with Gasteiger partial charge in [-0.05, 0) is 19.1 Å². The second-order valence-electron chi connectivity index (χ2n) is 5.91. The third-order valence-electron chi connectivity index (χ3n) is 4.15. The predicted octanol–water partition coefficient (Wildman–Crippen LogP) is 4.97. The maximum absolute atomic E-state index is 11.5. The Kier molecular flexibility index (Phi) is 4.55. The first-order chi connectivity index (χ1) is 13.0. The SMILES string of the molecule is Cc1c(C(=O)O)nc(-c2ccccc2)n1Cc1cc(-c2ccc(Cl)s2)on1. The van der Waals surface area contributed by atoms with Gasteiger partial charge in [0.05, 0.1) is 21.5 Å². The van der Waals surface area contributed by atoms with Crippen LogP contribution in [-0.4, -0.2) is 25.8 Å². The number of hydrogen-bond acceptors (Lipinski definition) is 5. The Morgan fingerprint density at radius 1 is 1.26 bits per heavy atom. The minimum atomic E-state index is -1.06. The number of thiophene rings is 1. The number of carbonyl (C=O) groups is 1. The van der Waals surface area contributed by atoms with Gasteiger partial charge in [0.25, 0.3) is 0 Å². The molecule has 0 aliphatic heterocycles. The average Bonchev–Trinajstić information content (AvgIpc) is 3.36. The van der Waals surface area contributed by atoms with Gasteiger partial charge in [0, 0.05) is 11.6 Å². The molecule has 4 rings (SSSR count). The van der Waals surface area contributed by atoms with E-state index >= 15 is 0 Å². The molecule has 0 radical (unpaired) electrons. The van der Waals surface area contributed by atoms with E-state index in [1.54, 1.807) is 13.0 Å². The molecule has 0 saturated carbocycles. The summed E-state index contributed by atoms with van der Waals surface area (Å²) >= 11 is 7.38. The van der Waals surface area contributed by atoms with E-state index in [1.165, 1.54) is 11.3 Å². The highest BCUT2D eigenvalue weighted by Crippen LogP contribution is 2.32. The van der Waals surface area contributed by atoms with Crippen LogP contribution in [0.4, 0.5) is 0 Å². The fraction of sp³-hybridized carbons (Fsp3) is 0.105. The third-order valence-corrected chi connectivity index (χ3v) is 5.40. The smallest absolute Gasteiger partial charge is 0.356 e. The van der Waals surface area contributed by atoms with Crippen molar-refractivity contribution in [1.29, 1.82) is 0 Å². The zero-order chi connectivity index (χ0) is 19.0. The largest absolute Gasteiger partial charge is 0.476 e. The van der Waals surface area contributed by atoms with Crippen LogP contribution in [0.15, 0.2) is 53.1 Å². The molecule has 0 aliphatic carbocycles. The Hall–Kier alpha value is -2.90. The lowest BCUT2D eigenvalue weighted by molar-refractivity contribution is 0.0690. The van der Waals surface area contributed by atoms with Crippen LogP contribution in [-0.2, 0) is 6.54 Å². The van der Waals surface area contributed by atoms with Crippen LogP contribution in [0.5, 0.6) is 0 Å². The number of carboxylic acids is 1. The molecule has 3 heterocycles. The Morgan fingerprint density at radius 2 is 2.04 bits per heavy atom. The molecule has 8 heteroatoms. The number of imidazole rings is 1. The summed E-state index contributed by atoms with van der Waals surface area (Å²) in [4.78, 5) is 16.8. The van der Waals surface area contributed by atoms with Crippen molar-refractivity contribution in [2.45, 2.75) is 13.5 Å². The lowest BCUT2D eigenvalue weighted by Gasteiger charge is -2.08. The number of nitrogens with zero attached hydrogens (tertiary/aromatic N) is 3. The van der Waals surface area contributed by atoms with Gasteiger partial charge < -0.3 is 14.2 Å². The predicted molar refractivity (Wildman–Crippen MR) is 103 cm³/mol. The molecule has 0 fully saturated rings. The topological polar surface area (TPSA) is 81.1 Å². The van der Waals surface area contributed by atoms with Crippen LogP contribution >= 0.6 is 22.9 Å². The van der Waals surface area contributed by atoms with Gasteiger partial charge in [-0.1, -0.05) is 47.1 Å². The van der Waals surface area contributed by atoms with Gasteiger partial charge in [-0.2, -0.15) is 0 Å². The second-order valence-corrected chi connectivity index (χ2v) is 7.63. The summed E-state index contributed by atoms with van der Waals surface area (Å²) in [6.07, 6.45) is 0. The Labute approximate surface area is 163 Å². The van der Waals surface area contributed by atoms with Crippen LogP contribution in [0.3, 0.4) is 0 Å². The molecule has 0 spiro atoms. The monoisotopic (exact) mass is 399 g/mol. The molecule has 1 aromatic carbocycles. The van der Waals surface area contributed by atoms with Crippen molar-refractivity contribution >= 4 is 28.9 Å². The maximum atomic E-state index is 11.5. The molecule has 0 saturated heterocycles. The van der Waals surface area contributed by atoms with Gasteiger partial charge in [0.2, 0.25) is 0 Å². The van der Waals surface area contributed by atoms with Crippen LogP contribution < -0.4 is 0 Å². The van der Waals surface area contributed by atoms with Gasteiger partial charge in [-0.25, -0.2) is 9.78 Å². The summed E-state index contributed by atoms with van der Waals surface area (Å²) in [5, 5.41) is 13.6. The van der Waals surface area contributed by atoms with E-state index in [9.17, 15) is 9.90 Å². The molecule has 0 bridgehead atoms. The average molecular weight is 400 g/mol. The minimum absolute atomic E-state index is 0.0302. The maximum Gasteiger partial charge on any atom is 0.356 e. The molecular weight excluding hydrogens is 386 g/mol. The number of aromatic carboxylic acids is 1. The summed E-state index contributed by atoms with van der Waals surface area (Å²) in [7, 11) is 0. The lowest BCUT2D eigenvalue weighted by Crippen LogP contribution is -2.06. The molecule has 0 atom stereocenters. The van der Waals surface area contributed by atoms with Crippen molar-refractivity contribution < 1.29 is 14.4 Å². The first-order valence-corrected chi connectivity index (χ1v) is 9.29. The van der Waals surface area contributed by atoms with E-state index in [1.807, 2.05) is 47.0 Å². The number of benzene rings is 1. The number of hydrogen-bond donors (Lipinski definition) is 1. The van der Waals surface area contributed by atoms with E-state index in [2.05, 4.69) is 10.1 Å². The van der Waals surface area contributed by atoms with Crippen LogP contribution in [0.2, 0.25) is 4.34 Å². The molecule has 0 amide bonds. The van der Waals surface area contributed by atoms with Crippen molar-refractivity contribution in [2.24, 2.45) is 0 Å². The first kappa shape index (κ1) is 17.5. The number of carboxylic acid groups (broad SMARTS) is 1. The van der Waals surface area contributed by atoms with Gasteiger partial charge >= 0.3 is 5.97 Å². The second kappa shape index (κ2) is 7.02. The van der Waals surface area contributed by atoms with E-state index in [0.29, 0.717) is 33.9 Å².